The van der Waals surface area contributed by atoms with E-state index in [9.17, 15) is 5.11 Å². The van der Waals surface area contributed by atoms with E-state index in [1.54, 1.807) is 5.57 Å². The first-order valence-electron chi connectivity index (χ1n) is 10.4. The van der Waals surface area contributed by atoms with Gasteiger partial charge >= 0.3 is 0 Å². The summed E-state index contributed by atoms with van der Waals surface area (Å²) in [5.74, 6) is 3.79. The first-order valence-corrected chi connectivity index (χ1v) is 10.4. The minimum Gasteiger partial charge on any atom is -0.393 e. The summed E-state index contributed by atoms with van der Waals surface area (Å²) in [5.41, 5.74) is 2.66. The van der Waals surface area contributed by atoms with E-state index in [4.69, 9.17) is 0 Å². The fraction of sp³-hybridized carbons (Fsp3) is 0.909. The summed E-state index contributed by atoms with van der Waals surface area (Å²) in [6, 6.07) is 0. The highest BCUT2D eigenvalue weighted by molar-refractivity contribution is 5.25. The van der Waals surface area contributed by atoms with Gasteiger partial charge in [-0.25, -0.2) is 0 Å². The third-order valence-corrected chi connectivity index (χ3v) is 8.91. The summed E-state index contributed by atoms with van der Waals surface area (Å²) >= 11 is 0. The molecular weight excluding hydrogens is 280 g/mol. The molecule has 1 nitrogen and oxygen atoms in total. The molecule has 0 radical (unpaired) electrons. The van der Waals surface area contributed by atoms with Crippen molar-refractivity contribution in [3.63, 3.8) is 0 Å². The van der Waals surface area contributed by atoms with E-state index in [0.717, 1.165) is 36.5 Å². The van der Waals surface area contributed by atoms with E-state index in [0.29, 0.717) is 10.8 Å². The van der Waals surface area contributed by atoms with Gasteiger partial charge in [0.15, 0.2) is 0 Å². The molecule has 4 aliphatic rings. The Bertz CT molecular complexity index is 494. The molecule has 0 heterocycles. The Labute approximate surface area is 142 Å². The average molecular weight is 317 g/mol. The van der Waals surface area contributed by atoms with Crippen LogP contribution in [0, 0.1) is 34.5 Å². The summed E-state index contributed by atoms with van der Waals surface area (Å²) in [5, 5.41) is 10.1. The van der Waals surface area contributed by atoms with E-state index in [-0.39, 0.29) is 6.10 Å². The van der Waals surface area contributed by atoms with E-state index in [1.165, 1.54) is 51.4 Å². The van der Waals surface area contributed by atoms with Crippen LogP contribution in [0.1, 0.15) is 85.0 Å². The second-order valence-corrected chi connectivity index (χ2v) is 9.76. The van der Waals surface area contributed by atoms with Crippen LogP contribution in [0.2, 0.25) is 0 Å². The molecular formula is C22H36O. The van der Waals surface area contributed by atoms with Crippen LogP contribution in [0.25, 0.3) is 0 Å². The summed E-state index contributed by atoms with van der Waals surface area (Å²) in [6.45, 7) is 7.56. The third kappa shape index (κ3) is 2.29. The van der Waals surface area contributed by atoms with Gasteiger partial charge in [0.05, 0.1) is 6.10 Å². The molecule has 0 saturated heterocycles. The lowest BCUT2D eigenvalue weighted by Gasteiger charge is -2.58. The molecule has 0 amide bonds. The Kier molecular flexibility index (Phi) is 3.95. The molecule has 7 atom stereocenters. The minimum atomic E-state index is -0.0693. The summed E-state index contributed by atoms with van der Waals surface area (Å²) in [7, 11) is 0. The first-order chi connectivity index (χ1) is 11.0. The first kappa shape index (κ1) is 16.2. The maximum Gasteiger partial charge on any atom is 0.0577 e. The largest absolute Gasteiger partial charge is 0.393 e. The molecule has 0 spiro atoms. The number of aliphatic hydroxyl groups excluding tert-OH is 1. The molecule has 3 fully saturated rings. The summed E-state index contributed by atoms with van der Waals surface area (Å²) in [4.78, 5) is 0. The Morgan fingerprint density at radius 1 is 1.09 bits per heavy atom. The summed E-state index contributed by atoms with van der Waals surface area (Å²) in [6.07, 6.45) is 15.7. The van der Waals surface area contributed by atoms with Gasteiger partial charge in [-0.15, -0.1) is 0 Å². The van der Waals surface area contributed by atoms with Crippen molar-refractivity contribution in [2.45, 2.75) is 91.1 Å². The highest BCUT2D eigenvalue weighted by Gasteiger charge is 2.58. The number of hydrogen-bond donors (Lipinski definition) is 1. The maximum absolute atomic E-state index is 10.1. The quantitative estimate of drug-likeness (QED) is 0.645. The predicted octanol–water partition coefficient (Wildman–Crippen LogP) is 5.73. The lowest BCUT2D eigenvalue weighted by Crippen LogP contribution is -2.50. The minimum absolute atomic E-state index is 0.0693. The molecule has 4 rings (SSSR count). The lowest BCUT2D eigenvalue weighted by atomic mass is 9.47. The van der Waals surface area contributed by atoms with Gasteiger partial charge in [0.1, 0.15) is 0 Å². The number of rotatable bonds is 2. The van der Waals surface area contributed by atoms with Gasteiger partial charge in [-0.2, -0.15) is 0 Å². The zero-order valence-electron chi connectivity index (χ0n) is 15.5. The fourth-order valence-corrected chi connectivity index (χ4v) is 7.57. The highest BCUT2D eigenvalue weighted by Crippen LogP contribution is 2.66. The number of allylic oxidation sites excluding steroid dienone is 1. The van der Waals surface area contributed by atoms with Gasteiger partial charge < -0.3 is 5.11 Å². The molecule has 0 unspecified atom stereocenters. The number of aliphatic hydroxyl groups is 1. The van der Waals surface area contributed by atoms with Crippen molar-refractivity contribution in [2.24, 2.45) is 34.5 Å². The average Bonchev–Trinajstić information content (AvgIpc) is 2.85. The van der Waals surface area contributed by atoms with Gasteiger partial charge in [0.2, 0.25) is 0 Å². The van der Waals surface area contributed by atoms with E-state index < -0.39 is 0 Å². The standard InChI is InChI=1S/C22H36O/c1-4-5-15-7-9-19-18-8-6-16-14-17(23)10-12-22(16,3)20(18)11-13-21(15,19)2/h6,15,17-20,23H,4-5,7-14H2,1-3H3/t15-,17+,18+,19+,20+,21-,22+/m1/s1. The van der Waals surface area contributed by atoms with E-state index in [1.807, 2.05) is 0 Å². The van der Waals surface area contributed by atoms with Crippen LogP contribution in [0.15, 0.2) is 11.6 Å². The van der Waals surface area contributed by atoms with Crippen molar-refractivity contribution in [2.75, 3.05) is 0 Å². The normalized spacial score (nSPS) is 52.3. The van der Waals surface area contributed by atoms with Gasteiger partial charge in [-0.05, 0) is 85.9 Å². The van der Waals surface area contributed by atoms with Gasteiger partial charge in [0.25, 0.3) is 0 Å². The number of hydrogen-bond acceptors (Lipinski definition) is 1. The molecule has 0 aliphatic heterocycles. The second kappa shape index (κ2) is 5.61. The van der Waals surface area contributed by atoms with Gasteiger partial charge in [0, 0.05) is 0 Å². The maximum atomic E-state index is 10.1. The Morgan fingerprint density at radius 3 is 2.70 bits per heavy atom. The van der Waals surface area contributed by atoms with Gasteiger partial charge in [-0.1, -0.05) is 45.3 Å². The predicted molar refractivity (Wildman–Crippen MR) is 96.1 cm³/mol. The highest BCUT2D eigenvalue weighted by atomic mass is 16.3. The van der Waals surface area contributed by atoms with Crippen LogP contribution in [0.4, 0.5) is 0 Å². The van der Waals surface area contributed by atoms with Crippen molar-refractivity contribution >= 4 is 0 Å². The Morgan fingerprint density at radius 2 is 1.91 bits per heavy atom. The fourth-order valence-electron chi connectivity index (χ4n) is 7.57. The Hall–Kier alpha value is -0.300. The third-order valence-electron chi connectivity index (χ3n) is 8.91. The molecule has 0 aromatic rings. The molecule has 1 heteroatoms. The molecule has 0 aromatic heterocycles. The van der Waals surface area contributed by atoms with Crippen molar-refractivity contribution in [3.8, 4) is 0 Å². The van der Waals surface area contributed by atoms with Crippen molar-refractivity contribution < 1.29 is 5.11 Å². The van der Waals surface area contributed by atoms with Crippen LogP contribution >= 0.6 is 0 Å². The van der Waals surface area contributed by atoms with Crippen LogP contribution in [-0.4, -0.2) is 11.2 Å². The molecule has 4 aliphatic carbocycles. The van der Waals surface area contributed by atoms with E-state index in [2.05, 4.69) is 26.8 Å². The SMILES string of the molecule is CCC[C@@H]1CC[C@H]2[C@@H]3CC=C4C[C@@H](O)CC[C@]4(C)[C@H]3CC[C@]12C. The summed E-state index contributed by atoms with van der Waals surface area (Å²) < 4.78 is 0. The van der Waals surface area contributed by atoms with E-state index >= 15 is 0 Å². The monoisotopic (exact) mass is 316 g/mol. The zero-order chi connectivity index (χ0) is 16.2. The van der Waals surface area contributed by atoms with Crippen LogP contribution in [0.3, 0.4) is 0 Å². The topological polar surface area (TPSA) is 20.2 Å². The van der Waals surface area contributed by atoms with Crippen LogP contribution in [-0.2, 0) is 0 Å². The lowest BCUT2D eigenvalue weighted by molar-refractivity contribution is -0.0506. The Balaban J connectivity index is 1.62. The van der Waals surface area contributed by atoms with Crippen molar-refractivity contribution in [1.82, 2.24) is 0 Å². The molecule has 0 bridgehead atoms. The number of fused-ring (bicyclic) bond motifs is 5. The zero-order valence-corrected chi connectivity index (χ0v) is 15.5. The molecule has 23 heavy (non-hydrogen) atoms. The second-order valence-electron chi connectivity index (χ2n) is 9.76. The molecule has 0 aromatic carbocycles. The van der Waals surface area contributed by atoms with Gasteiger partial charge in [-0.3, -0.25) is 0 Å². The van der Waals surface area contributed by atoms with Crippen molar-refractivity contribution in [3.05, 3.63) is 11.6 Å². The molecule has 1 N–H and O–H groups in total. The molecule has 130 valence electrons. The smallest absolute Gasteiger partial charge is 0.0577 e. The van der Waals surface area contributed by atoms with Crippen LogP contribution < -0.4 is 0 Å². The van der Waals surface area contributed by atoms with Crippen LogP contribution in [0.5, 0.6) is 0 Å². The van der Waals surface area contributed by atoms with Crippen molar-refractivity contribution in [1.29, 1.82) is 0 Å². The molecule has 3 saturated carbocycles.